The third kappa shape index (κ3) is 6.54. The third-order valence-electron chi connectivity index (χ3n) is 4.55. The summed E-state index contributed by atoms with van der Waals surface area (Å²) < 4.78 is 0. The number of nitrogens with zero attached hydrogens (tertiary/aromatic N) is 1. The first-order valence-corrected chi connectivity index (χ1v) is 9.27. The largest absolute Gasteiger partial charge is 0.355 e. The number of carbonyl (C=O) groups excluding carboxylic acids is 3. The maximum Gasteiger partial charge on any atom is 0.243 e. The number of hydrogen-bond acceptors (Lipinski definition) is 3. The van der Waals surface area contributed by atoms with Gasteiger partial charge in [-0.1, -0.05) is 42.5 Å². The molecule has 0 spiro atoms. The first-order chi connectivity index (χ1) is 13.4. The zero-order valence-corrected chi connectivity index (χ0v) is 16.6. The number of carbonyl (C=O) groups is 3. The van der Waals surface area contributed by atoms with Crippen molar-refractivity contribution in [2.75, 3.05) is 25.5 Å². The molecular formula is C22H27N3O3. The molecular weight excluding hydrogens is 354 g/mol. The van der Waals surface area contributed by atoms with E-state index in [0.29, 0.717) is 0 Å². The molecule has 6 heteroatoms. The van der Waals surface area contributed by atoms with Gasteiger partial charge in [0.05, 0.1) is 13.0 Å². The summed E-state index contributed by atoms with van der Waals surface area (Å²) in [6.45, 7) is 4.13. The van der Waals surface area contributed by atoms with E-state index < -0.39 is 0 Å². The van der Waals surface area contributed by atoms with E-state index in [2.05, 4.69) is 10.6 Å². The third-order valence-corrected chi connectivity index (χ3v) is 4.55. The Labute approximate surface area is 165 Å². The van der Waals surface area contributed by atoms with Crippen molar-refractivity contribution < 1.29 is 14.4 Å². The molecule has 0 aromatic heterocycles. The van der Waals surface area contributed by atoms with Crippen LogP contribution in [0.5, 0.6) is 0 Å². The topological polar surface area (TPSA) is 78.5 Å². The molecule has 2 aromatic rings. The number of likely N-dealkylation sites (N-methyl/N-ethyl adjacent to an activating group) is 1. The van der Waals surface area contributed by atoms with Crippen LogP contribution in [0.3, 0.4) is 0 Å². The van der Waals surface area contributed by atoms with Crippen molar-refractivity contribution in [3.63, 3.8) is 0 Å². The van der Waals surface area contributed by atoms with Crippen molar-refractivity contribution in [2.45, 2.75) is 26.7 Å². The fraction of sp³-hybridized carbons (Fsp3) is 0.318. The molecule has 0 atom stereocenters. The zero-order chi connectivity index (χ0) is 20.5. The Balaban J connectivity index is 1.72. The van der Waals surface area contributed by atoms with Gasteiger partial charge in [0.2, 0.25) is 17.7 Å². The number of nitrogens with one attached hydrogen (secondary N) is 2. The molecule has 2 aromatic carbocycles. The highest BCUT2D eigenvalue weighted by Crippen LogP contribution is 2.17. The average molecular weight is 381 g/mol. The quantitative estimate of drug-likeness (QED) is 0.737. The van der Waals surface area contributed by atoms with Gasteiger partial charge in [-0.3, -0.25) is 14.4 Å². The van der Waals surface area contributed by atoms with Crippen molar-refractivity contribution >= 4 is 23.4 Å². The summed E-state index contributed by atoms with van der Waals surface area (Å²) in [7, 11) is 1.58. The van der Waals surface area contributed by atoms with Crippen LogP contribution in [-0.4, -0.2) is 42.8 Å². The van der Waals surface area contributed by atoms with Gasteiger partial charge in [-0.2, -0.15) is 0 Å². The highest BCUT2D eigenvalue weighted by atomic mass is 16.2. The van der Waals surface area contributed by atoms with Crippen LogP contribution in [0, 0.1) is 13.8 Å². The van der Waals surface area contributed by atoms with Gasteiger partial charge in [-0.15, -0.1) is 0 Å². The molecule has 0 aliphatic carbocycles. The SMILES string of the molecule is Cc1cccc(NC(=O)CN(C)C(=O)CCNC(=O)Cc2ccccc2)c1C. The first kappa shape index (κ1) is 21.2. The Morgan fingerprint density at radius 1 is 0.929 bits per heavy atom. The van der Waals surface area contributed by atoms with Gasteiger partial charge in [0.1, 0.15) is 0 Å². The van der Waals surface area contributed by atoms with E-state index in [1.165, 1.54) is 4.90 Å². The lowest BCUT2D eigenvalue weighted by atomic mass is 10.1. The fourth-order valence-electron chi connectivity index (χ4n) is 2.72. The van der Waals surface area contributed by atoms with Crippen LogP contribution in [0.2, 0.25) is 0 Å². The van der Waals surface area contributed by atoms with Crippen LogP contribution in [0.15, 0.2) is 48.5 Å². The summed E-state index contributed by atoms with van der Waals surface area (Å²) in [4.78, 5) is 37.7. The van der Waals surface area contributed by atoms with E-state index in [1.54, 1.807) is 7.05 Å². The maximum absolute atomic E-state index is 12.2. The van der Waals surface area contributed by atoms with E-state index in [1.807, 2.05) is 62.4 Å². The van der Waals surface area contributed by atoms with Crippen LogP contribution in [0.4, 0.5) is 5.69 Å². The summed E-state index contributed by atoms with van der Waals surface area (Å²) in [5.74, 6) is -0.580. The molecule has 0 radical (unpaired) electrons. The van der Waals surface area contributed by atoms with E-state index in [4.69, 9.17) is 0 Å². The molecule has 3 amide bonds. The van der Waals surface area contributed by atoms with Crippen molar-refractivity contribution in [2.24, 2.45) is 0 Å². The lowest BCUT2D eigenvalue weighted by Gasteiger charge is -2.18. The van der Waals surface area contributed by atoms with Crippen LogP contribution in [0.25, 0.3) is 0 Å². The molecule has 148 valence electrons. The second-order valence-electron chi connectivity index (χ2n) is 6.81. The molecule has 0 unspecified atom stereocenters. The van der Waals surface area contributed by atoms with Gasteiger partial charge >= 0.3 is 0 Å². The summed E-state index contributed by atoms with van der Waals surface area (Å²) in [5, 5.41) is 5.57. The van der Waals surface area contributed by atoms with Gasteiger partial charge < -0.3 is 15.5 Å². The maximum atomic E-state index is 12.2. The number of benzene rings is 2. The summed E-state index contributed by atoms with van der Waals surface area (Å²) in [5.41, 5.74) is 3.77. The van der Waals surface area contributed by atoms with E-state index in [0.717, 1.165) is 22.4 Å². The fourth-order valence-corrected chi connectivity index (χ4v) is 2.72. The van der Waals surface area contributed by atoms with Crippen LogP contribution >= 0.6 is 0 Å². The van der Waals surface area contributed by atoms with Gasteiger partial charge in [-0.25, -0.2) is 0 Å². The van der Waals surface area contributed by atoms with Crippen molar-refractivity contribution in [1.29, 1.82) is 0 Å². The molecule has 0 aliphatic rings. The molecule has 0 bridgehead atoms. The van der Waals surface area contributed by atoms with Crippen molar-refractivity contribution in [3.8, 4) is 0 Å². The Kier molecular flexibility index (Phi) is 7.75. The minimum atomic E-state index is -0.252. The number of aryl methyl sites for hydroxylation is 1. The Bertz CT molecular complexity index is 834. The zero-order valence-electron chi connectivity index (χ0n) is 16.6. The van der Waals surface area contributed by atoms with Crippen LogP contribution in [-0.2, 0) is 20.8 Å². The molecule has 6 nitrogen and oxygen atoms in total. The predicted molar refractivity (Wildman–Crippen MR) is 110 cm³/mol. The molecule has 2 rings (SSSR count). The highest BCUT2D eigenvalue weighted by molar-refractivity contribution is 5.95. The van der Waals surface area contributed by atoms with E-state index >= 15 is 0 Å². The molecule has 28 heavy (non-hydrogen) atoms. The molecule has 0 heterocycles. The Morgan fingerprint density at radius 3 is 2.36 bits per heavy atom. The van der Waals surface area contributed by atoms with Gasteiger partial charge in [0.25, 0.3) is 0 Å². The van der Waals surface area contributed by atoms with Crippen LogP contribution < -0.4 is 10.6 Å². The summed E-state index contributed by atoms with van der Waals surface area (Å²) in [6, 6.07) is 15.1. The molecule has 0 saturated heterocycles. The average Bonchev–Trinajstić information content (AvgIpc) is 2.66. The summed E-state index contributed by atoms with van der Waals surface area (Å²) in [6.07, 6.45) is 0.427. The number of amides is 3. The number of hydrogen-bond donors (Lipinski definition) is 2. The monoisotopic (exact) mass is 381 g/mol. The Morgan fingerprint density at radius 2 is 1.64 bits per heavy atom. The smallest absolute Gasteiger partial charge is 0.243 e. The van der Waals surface area contributed by atoms with E-state index in [-0.39, 0.29) is 43.7 Å². The number of rotatable bonds is 8. The van der Waals surface area contributed by atoms with Gasteiger partial charge in [0, 0.05) is 25.7 Å². The minimum absolute atomic E-state index is 0.0375. The minimum Gasteiger partial charge on any atom is -0.355 e. The first-order valence-electron chi connectivity index (χ1n) is 9.27. The molecule has 2 N–H and O–H groups in total. The standard InChI is InChI=1S/C22H27N3O3/c1-16-8-7-11-19(17(16)2)24-21(27)15-25(3)22(28)12-13-23-20(26)14-18-9-5-4-6-10-18/h4-11H,12-15H2,1-3H3,(H,23,26)(H,24,27). The van der Waals surface area contributed by atoms with Crippen LogP contribution in [0.1, 0.15) is 23.1 Å². The molecule has 0 fully saturated rings. The summed E-state index contributed by atoms with van der Waals surface area (Å²) >= 11 is 0. The lowest BCUT2D eigenvalue weighted by molar-refractivity contribution is -0.133. The van der Waals surface area contributed by atoms with Gasteiger partial charge in [-0.05, 0) is 36.6 Å². The Hall–Kier alpha value is -3.15. The second kappa shape index (κ2) is 10.3. The predicted octanol–water partition coefficient (Wildman–Crippen LogP) is 2.45. The number of anilines is 1. The normalized spacial score (nSPS) is 10.2. The van der Waals surface area contributed by atoms with E-state index in [9.17, 15) is 14.4 Å². The second-order valence-corrected chi connectivity index (χ2v) is 6.81. The highest BCUT2D eigenvalue weighted by Gasteiger charge is 2.14. The van der Waals surface area contributed by atoms with Gasteiger partial charge in [0.15, 0.2) is 0 Å². The lowest BCUT2D eigenvalue weighted by Crippen LogP contribution is -2.37. The van der Waals surface area contributed by atoms with Crippen molar-refractivity contribution in [3.05, 3.63) is 65.2 Å². The van der Waals surface area contributed by atoms with Crippen molar-refractivity contribution in [1.82, 2.24) is 10.2 Å². The molecule has 0 aliphatic heterocycles. The molecule has 0 saturated carbocycles.